The van der Waals surface area contributed by atoms with Gasteiger partial charge in [0.2, 0.25) is 11.8 Å². The summed E-state index contributed by atoms with van der Waals surface area (Å²) in [5.41, 5.74) is 6.19. The lowest BCUT2D eigenvalue weighted by atomic mass is 10.2. The molecule has 6 nitrogen and oxygen atoms in total. The molecule has 2 heterocycles. The number of ether oxygens (including phenoxy) is 1. The maximum Gasteiger partial charge on any atom is 0.229 e. The smallest absolute Gasteiger partial charge is 0.229 e. The van der Waals surface area contributed by atoms with E-state index < -0.39 is 0 Å². The molecule has 0 aliphatic rings. The molecule has 0 amide bonds. The highest BCUT2D eigenvalue weighted by atomic mass is 16.5. The summed E-state index contributed by atoms with van der Waals surface area (Å²) >= 11 is 0. The van der Waals surface area contributed by atoms with Gasteiger partial charge in [-0.25, -0.2) is 0 Å². The number of rotatable bonds is 4. The van der Waals surface area contributed by atoms with Crippen LogP contribution in [0.5, 0.6) is 5.88 Å². The molecule has 2 aromatic heterocycles. The molecular formula is C10H15N5O. The van der Waals surface area contributed by atoms with Crippen molar-refractivity contribution in [2.75, 3.05) is 5.73 Å². The highest BCUT2D eigenvalue weighted by molar-refractivity contribution is 5.80. The fourth-order valence-corrected chi connectivity index (χ4v) is 1.57. The zero-order chi connectivity index (χ0) is 11.5. The average molecular weight is 221 g/mol. The first-order chi connectivity index (χ1) is 7.70. The molecule has 0 spiro atoms. The highest BCUT2D eigenvalue weighted by Crippen LogP contribution is 2.22. The quantitative estimate of drug-likeness (QED) is 0.816. The Labute approximate surface area is 93.2 Å². The lowest BCUT2D eigenvalue weighted by molar-refractivity contribution is 0.204. The molecule has 86 valence electrons. The van der Waals surface area contributed by atoms with Crippen LogP contribution in [0, 0.1) is 0 Å². The third-order valence-corrected chi connectivity index (χ3v) is 2.30. The Morgan fingerprint density at radius 2 is 2.31 bits per heavy atom. The SMILES string of the molecule is CCCC(C)Oc1nc(N)nc2[nH]ncc12. The van der Waals surface area contributed by atoms with Crippen molar-refractivity contribution in [2.24, 2.45) is 0 Å². The summed E-state index contributed by atoms with van der Waals surface area (Å²) in [7, 11) is 0. The van der Waals surface area contributed by atoms with E-state index in [1.165, 1.54) is 0 Å². The van der Waals surface area contributed by atoms with Gasteiger partial charge in [0.15, 0.2) is 5.65 Å². The standard InChI is InChI=1S/C10H15N5O/c1-3-4-6(2)16-9-7-5-12-15-8(7)13-10(11)14-9/h5-6H,3-4H2,1-2H3,(H3,11,12,13,14,15). The van der Waals surface area contributed by atoms with Crippen LogP contribution in [-0.2, 0) is 0 Å². The predicted molar refractivity (Wildman–Crippen MR) is 61.1 cm³/mol. The molecular weight excluding hydrogens is 206 g/mol. The number of nitrogens with one attached hydrogen (secondary N) is 1. The van der Waals surface area contributed by atoms with Gasteiger partial charge in [-0.2, -0.15) is 15.1 Å². The minimum atomic E-state index is 0.109. The van der Waals surface area contributed by atoms with E-state index in [1.54, 1.807) is 6.20 Å². The molecule has 2 aromatic rings. The van der Waals surface area contributed by atoms with Crippen LogP contribution in [0.15, 0.2) is 6.20 Å². The maximum absolute atomic E-state index is 5.72. The van der Waals surface area contributed by atoms with Crippen LogP contribution >= 0.6 is 0 Å². The first-order valence-corrected chi connectivity index (χ1v) is 5.34. The number of nitrogens with zero attached hydrogens (tertiary/aromatic N) is 3. The van der Waals surface area contributed by atoms with Crippen molar-refractivity contribution in [1.82, 2.24) is 20.2 Å². The second kappa shape index (κ2) is 4.34. The van der Waals surface area contributed by atoms with Crippen LogP contribution in [0.4, 0.5) is 5.95 Å². The monoisotopic (exact) mass is 221 g/mol. The number of anilines is 1. The van der Waals surface area contributed by atoms with Gasteiger partial charge in [0.25, 0.3) is 0 Å². The van der Waals surface area contributed by atoms with Gasteiger partial charge in [-0.15, -0.1) is 0 Å². The summed E-state index contributed by atoms with van der Waals surface area (Å²) in [6.45, 7) is 4.12. The largest absolute Gasteiger partial charge is 0.474 e. The lowest BCUT2D eigenvalue weighted by Crippen LogP contribution is -2.13. The van der Waals surface area contributed by atoms with Crippen LogP contribution in [0.25, 0.3) is 11.0 Å². The summed E-state index contributed by atoms with van der Waals surface area (Å²) < 4.78 is 5.72. The van der Waals surface area contributed by atoms with Crippen LogP contribution in [0.1, 0.15) is 26.7 Å². The van der Waals surface area contributed by atoms with Crippen molar-refractivity contribution in [2.45, 2.75) is 32.8 Å². The molecule has 16 heavy (non-hydrogen) atoms. The number of nitrogens with two attached hydrogens (primary N) is 1. The van der Waals surface area contributed by atoms with Gasteiger partial charge in [0.05, 0.1) is 12.3 Å². The van der Waals surface area contributed by atoms with Crippen molar-refractivity contribution < 1.29 is 4.74 Å². The summed E-state index contributed by atoms with van der Waals surface area (Å²) in [6.07, 6.45) is 3.79. The van der Waals surface area contributed by atoms with Gasteiger partial charge in [0.1, 0.15) is 5.39 Å². The minimum absolute atomic E-state index is 0.109. The summed E-state index contributed by atoms with van der Waals surface area (Å²) in [6, 6.07) is 0. The Hall–Kier alpha value is -1.85. The van der Waals surface area contributed by atoms with E-state index in [-0.39, 0.29) is 12.1 Å². The van der Waals surface area contributed by atoms with Crippen molar-refractivity contribution >= 4 is 17.0 Å². The molecule has 0 saturated heterocycles. The van der Waals surface area contributed by atoms with E-state index in [0.29, 0.717) is 11.5 Å². The Balaban J connectivity index is 2.31. The van der Waals surface area contributed by atoms with E-state index in [9.17, 15) is 0 Å². The van der Waals surface area contributed by atoms with Gasteiger partial charge in [-0.1, -0.05) is 13.3 Å². The Morgan fingerprint density at radius 1 is 1.50 bits per heavy atom. The number of aromatic nitrogens is 4. The number of aromatic amines is 1. The van der Waals surface area contributed by atoms with Gasteiger partial charge in [0, 0.05) is 0 Å². The van der Waals surface area contributed by atoms with Crippen molar-refractivity contribution in [3.05, 3.63) is 6.20 Å². The minimum Gasteiger partial charge on any atom is -0.474 e. The molecule has 0 aliphatic heterocycles. The second-order valence-electron chi connectivity index (χ2n) is 3.74. The number of hydrogen-bond acceptors (Lipinski definition) is 5. The summed E-state index contributed by atoms with van der Waals surface area (Å²) in [4.78, 5) is 8.10. The topological polar surface area (TPSA) is 89.7 Å². The summed E-state index contributed by atoms with van der Waals surface area (Å²) in [5.74, 6) is 0.688. The molecule has 1 atom stereocenters. The van der Waals surface area contributed by atoms with E-state index in [0.717, 1.165) is 18.2 Å². The molecule has 6 heteroatoms. The van der Waals surface area contributed by atoms with Crippen LogP contribution < -0.4 is 10.5 Å². The molecule has 3 N–H and O–H groups in total. The highest BCUT2D eigenvalue weighted by Gasteiger charge is 2.11. The van der Waals surface area contributed by atoms with E-state index in [1.807, 2.05) is 6.92 Å². The molecule has 0 radical (unpaired) electrons. The fraction of sp³-hybridized carbons (Fsp3) is 0.500. The van der Waals surface area contributed by atoms with E-state index in [4.69, 9.17) is 10.5 Å². The molecule has 1 unspecified atom stereocenters. The third kappa shape index (κ3) is 2.05. The van der Waals surface area contributed by atoms with Gasteiger partial charge < -0.3 is 10.5 Å². The zero-order valence-corrected chi connectivity index (χ0v) is 9.40. The van der Waals surface area contributed by atoms with Crippen molar-refractivity contribution in [3.8, 4) is 5.88 Å². The first-order valence-electron chi connectivity index (χ1n) is 5.34. The number of nitrogen functional groups attached to an aromatic ring is 1. The Kier molecular flexibility index (Phi) is 2.89. The number of hydrogen-bond donors (Lipinski definition) is 2. The maximum atomic E-state index is 5.72. The van der Waals surface area contributed by atoms with Crippen LogP contribution in [-0.4, -0.2) is 26.3 Å². The Morgan fingerprint density at radius 3 is 3.06 bits per heavy atom. The third-order valence-electron chi connectivity index (χ3n) is 2.30. The summed E-state index contributed by atoms with van der Waals surface area (Å²) in [5, 5.41) is 7.40. The van der Waals surface area contributed by atoms with E-state index in [2.05, 4.69) is 27.1 Å². The van der Waals surface area contributed by atoms with Gasteiger partial charge >= 0.3 is 0 Å². The van der Waals surface area contributed by atoms with Gasteiger partial charge in [-0.05, 0) is 13.3 Å². The molecule has 0 aliphatic carbocycles. The van der Waals surface area contributed by atoms with Crippen LogP contribution in [0.2, 0.25) is 0 Å². The van der Waals surface area contributed by atoms with E-state index >= 15 is 0 Å². The molecule has 0 saturated carbocycles. The molecule has 2 rings (SSSR count). The molecule has 0 bridgehead atoms. The lowest BCUT2D eigenvalue weighted by Gasteiger charge is -2.13. The second-order valence-corrected chi connectivity index (χ2v) is 3.74. The van der Waals surface area contributed by atoms with Crippen LogP contribution in [0.3, 0.4) is 0 Å². The number of fused-ring (bicyclic) bond motifs is 1. The van der Waals surface area contributed by atoms with Crippen molar-refractivity contribution in [3.63, 3.8) is 0 Å². The van der Waals surface area contributed by atoms with Gasteiger partial charge in [-0.3, -0.25) is 5.10 Å². The molecule has 0 aromatic carbocycles. The number of H-pyrrole nitrogens is 1. The molecule has 0 fully saturated rings. The first kappa shape index (κ1) is 10.7. The normalized spacial score (nSPS) is 12.9. The fourth-order valence-electron chi connectivity index (χ4n) is 1.57. The predicted octanol–water partition coefficient (Wildman–Crippen LogP) is 1.50. The zero-order valence-electron chi connectivity index (χ0n) is 9.40. The Bertz CT molecular complexity index is 481. The average Bonchev–Trinajstić information content (AvgIpc) is 2.65. The van der Waals surface area contributed by atoms with Crippen molar-refractivity contribution in [1.29, 1.82) is 0 Å².